The summed E-state index contributed by atoms with van der Waals surface area (Å²) in [7, 11) is 0. The van der Waals surface area contributed by atoms with Gasteiger partial charge in [-0.2, -0.15) is 5.10 Å². The highest BCUT2D eigenvalue weighted by molar-refractivity contribution is 5.91. The van der Waals surface area contributed by atoms with E-state index in [1.54, 1.807) is 24.3 Å². The minimum Gasteiger partial charge on any atom is -0.337 e. The molecule has 6 heteroatoms. The smallest absolute Gasteiger partial charge is 0.246 e. The molecule has 1 aromatic carbocycles. The average molecular weight is 356 g/mol. The van der Waals surface area contributed by atoms with Crippen LogP contribution in [0.3, 0.4) is 0 Å². The monoisotopic (exact) mass is 356 g/mol. The van der Waals surface area contributed by atoms with Crippen LogP contribution in [0.5, 0.6) is 0 Å². The van der Waals surface area contributed by atoms with Gasteiger partial charge in [0.25, 0.3) is 0 Å². The minimum absolute atomic E-state index is 0.00366. The van der Waals surface area contributed by atoms with Crippen LogP contribution < -0.4 is 0 Å². The molecule has 0 N–H and O–H groups in total. The predicted molar refractivity (Wildman–Crippen MR) is 99.9 cm³/mol. The Morgan fingerprint density at radius 3 is 2.50 bits per heavy atom. The SMILES string of the molecule is CCn1cc(CN2CCN(C(=O)/C=C/c3ccc(F)cc3)CC2)c(C)n1. The molecule has 1 aromatic heterocycles. The topological polar surface area (TPSA) is 41.4 Å². The van der Waals surface area contributed by atoms with Gasteiger partial charge in [0, 0.05) is 57.1 Å². The van der Waals surface area contributed by atoms with Gasteiger partial charge in [-0.05, 0) is 37.6 Å². The highest BCUT2D eigenvalue weighted by Gasteiger charge is 2.20. The number of amides is 1. The number of benzene rings is 1. The van der Waals surface area contributed by atoms with Crippen molar-refractivity contribution in [2.45, 2.75) is 26.9 Å². The van der Waals surface area contributed by atoms with Crippen LogP contribution in [-0.4, -0.2) is 51.7 Å². The normalized spacial score (nSPS) is 15.7. The van der Waals surface area contributed by atoms with Crippen molar-refractivity contribution >= 4 is 12.0 Å². The Bertz CT molecular complexity index is 774. The maximum atomic E-state index is 12.9. The summed E-state index contributed by atoms with van der Waals surface area (Å²) >= 11 is 0. The van der Waals surface area contributed by atoms with E-state index in [9.17, 15) is 9.18 Å². The molecule has 0 bridgehead atoms. The minimum atomic E-state index is -0.274. The molecule has 1 fully saturated rings. The summed E-state index contributed by atoms with van der Waals surface area (Å²) in [4.78, 5) is 16.6. The summed E-state index contributed by atoms with van der Waals surface area (Å²) < 4.78 is 14.9. The maximum absolute atomic E-state index is 12.9. The van der Waals surface area contributed by atoms with Crippen molar-refractivity contribution < 1.29 is 9.18 Å². The molecule has 0 radical (unpaired) electrons. The molecule has 2 aromatic rings. The molecule has 1 saturated heterocycles. The van der Waals surface area contributed by atoms with Gasteiger partial charge in [0.15, 0.2) is 0 Å². The molecule has 3 rings (SSSR count). The fraction of sp³-hybridized carbons (Fsp3) is 0.400. The summed E-state index contributed by atoms with van der Waals surface area (Å²) in [5, 5.41) is 4.49. The molecule has 1 aliphatic rings. The Morgan fingerprint density at radius 2 is 1.88 bits per heavy atom. The summed E-state index contributed by atoms with van der Waals surface area (Å²) in [6.07, 6.45) is 5.41. The summed E-state index contributed by atoms with van der Waals surface area (Å²) in [6.45, 7) is 9.02. The van der Waals surface area contributed by atoms with Crippen molar-refractivity contribution in [2.24, 2.45) is 0 Å². The first-order valence-electron chi connectivity index (χ1n) is 9.03. The van der Waals surface area contributed by atoms with Crippen LogP contribution in [-0.2, 0) is 17.9 Å². The van der Waals surface area contributed by atoms with Gasteiger partial charge in [0.1, 0.15) is 5.82 Å². The number of carbonyl (C=O) groups is 1. The molecule has 138 valence electrons. The van der Waals surface area contributed by atoms with E-state index in [0.29, 0.717) is 13.1 Å². The van der Waals surface area contributed by atoms with E-state index >= 15 is 0 Å². The third kappa shape index (κ3) is 4.58. The van der Waals surface area contributed by atoms with Gasteiger partial charge in [-0.15, -0.1) is 0 Å². The van der Waals surface area contributed by atoms with Crippen LogP contribution in [0.2, 0.25) is 0 Å². The lowest BCUT2D eigenvalue weighted by atomic mass is 10.2. The van der Waals surface area contributed by atoms with E-state index in [1.165, 1.54) is 17.7 Å². The maximum Gasteiger partial charge on any atom is 0.246 e. The lowest BCUT2D eigenvalue weighted by Gasteiger charge is -2.34. The fourth-order valence-corrected chi connectivity index (χ4v) is 3.09. The lowest BCUT2D eigenvalue weighted by molar-refractivity contribution is -0.127. The first-order valence-corrected chi connectivity index (χ1v) is 9.03. The van der Waals surface area contributed by atoms with Crippen LogP contribution in [0.15, 0.2) is 36.5 Å². The van der Waals surface area contributed by atoms with E-state index in [1.807, 2.05) is 16.5 Å². The van der Waals surface area contributed by atoms with E-state index < -0.39 is 0 Å². The van der Waals surface area contributed by atoms with Crippen molar-refractivity contribution in [2.75, 3.05) is 26.2 Å². The van der Waals surface area contributed by atoms with Crippen molar-refractivity contribution in [3.63, 3.8) is 0 Å². The van der Waals surface area contributed by atoms with E-state index in [2.05, 4.69) is 23.1 Å². The zero-order chi connectivity index (χ0) is 18.5. The number of carbonyl (C=O) groups excluding carboxylic acids is 1. The van der Waals surface area contributed by atoms with Crippen molar-refractivity contribution in [3.8, 4) is 0 Å². The second kappa shape index (κ2) is 8.27. The Kier molecular flexibility index (Phi) is 5.83. The van der Waals surface area contributed by atoms with Crippen molar-refractivity contribution in [1.82, 2.24) is 19.6 Å². The number of aryl methyl sites for hydroxylation is 2. The van der Waals surface area contributed by atoms with E-state index in [0.717, 1.165) is 37.4 Å². The quantitative estimate of drug-likeness (QED) is 0.774. The highest BCUT2D eigenvalue weighted by Crippen LogP contribution is 2.12. The van der Waals surface area contributed by atoms with Gasteiger partial charge in [-0.3, -0.25) is 14.4 Å². The third-order valence-corrected chi connectivity index (χ3v) is 4.74. The van der Waals surface area contributed by atoms with Crippen LogP contribution in [0, 0.1) is 12.7 Å². The number of rotatable bonds is 5. The Morgan fingerprint density at radius 1 is 1.19 bits per heavy atom. The van der Waals surface area contributed by atoms with E-state index in [4.69, 9.17) is 0 Å². The molecule has 0 unspecified atom stereocenters. The van der Waals surface area contributed by atoms with Crippen LogP contribution in [0.1, 0.15) is 23.7 Å². The summed E-state index contributed by atoms with van der Waals surface area (Å²) in [5.74, 6) is -0.270. The number of piperazine rings is 1. The third-order valence-electron chi connectivity index (χ3n) is 4.74. The lowest BCUT2D eigenvalue weighted by Crippen LogP contribution is -2.47. The Balaban J connectivity index is 1.50. The molecular weight excluding hydrogens is 331 g/mol. The predicted octanol–water partition coefficient (Wildman–Crippen LogP) is 2.71. The first-order chi connectivity index (χ1) is 12.5. The number of aromatic nitrogens is 2. The van der Waals surface area contributed by atoms with Gasteiger partial charge in [0.2, 0.25) is 5.91 Å². The number of hydrogen-bond acceptors (Lipinski definition) is 3. The van der Waals surface area contributed by atoms with Crippen molar-refractivity contribution in [3.05, 3.63) is 59.2 Å². The zero-order valence-electron chi connectivity index (χ0n) is 15.4. The van der Waals surface area contributed by atoms with Gasteiger partial charge in [0.05, 0.1) is 5.69 Å². The van der Waals surface area contributed by atoms with Gasteiger partial charge >= 0.3 is 0 Å². The number of hydrogen-bond donors (Lipinski definition) is 0. The molecule has 0 aliphatic carbocycles. The fourth-order valence-electron chi connectivity index (χ4n) is 3.09. The standard InChI is InChI=1S/C20H25FN4O/c1-3-25-15-18(16(2)22-25)14-23-10-12-24(13-11-23)20(26)9-6-17-4-7-19(21)8-5-17/h4-9,15H,3,10-14H2,1-2H3/b9-6+. The molecular formula is C20H25FN4O. The van der Waals surface area contributed by atoms with Gasteiger partial charge < -0.3 is 4.90 Å². The average Bonchev–Trinajstić information content (AvgIpc) is 3.01. The molecule has 26 heavy (non-hydrogen) atoms. The Hall–Kier alpha value is -2.47. The molecule has 0 saturated carbocycles. The number of nitrogens with zero attached hydrogens (tertiary/aromatic N) is 4. The molecule has 5 nitrogen and oxygen atoms in total. The van der Waals surface area contributed by atoms with Crippen molar-refractivity contribution in [1.29, 1.82) is 0 Å². The zero-order valence-corrected chi connectivity index (χ0v) is 15.4. The van der Waals surface area contributed by atoms with Crippen LogP contribution in [0.25, 0.3) is 6.08 Å². The van der Waals surface area contributed by atoms with Gasteiger partial charge in [-0.25, -0.2) is 4.39 Å². The molecule has 2 heterocycles. The second-order valence-electron chi connectivity index (χ2n) is 6.58. The largest absolute Gasteiger partial charge is 0.337 e. The first kappa shape index (κ1) is 18.3. The molecule has 1 aliphatic heterocycles. The van der Waals surface area contributed by atoms with Crippen LogP contribution >= 0.6 is 0 Å². The summed E-state index contributed by atoms with van der Waals surface area (Å²) in [5.41, 5.74) is 3.15. The van der Waals surface area contributed by atoms with E-state index in [-0.39, 0.29) is 11.7 Å². The molecule has 1 amide bonds. The molecule has 0 spiro atoms. The number of halogens is 1. The van der Waals surface area contributed by atoms with Crippen LogP contribution in [0.4, 0.5) is 4.39 Å². The molecule has 0 atom stereocenters. The Labute approximate surface area is 153 Å². The van der Waals surface area contributed by atoms with Gasteiger partial charge in [-0.1, -0.05) is 12.1 Å². The second-order valence-corrected chi connectivity index (χ2v) is 6.58. The highest BCUT2D eigenvalue weighted by atomic mass is 19.1. The summed E-state index contributed by atoms with van der Waals surface area (Å²) in [6, 6.07) is 6.11.